The first-order chi connectivity index (χ1) is 4.43. The van der Waals surface area contributed by atoms with Gasteiger partial charge in [0.2, 0.25) is 4.90 Å². The Labute approximate surface area is 88.8 Å². The molecule has 1 nitrogen and oxygen atoms in total. The second-order valence-corrected chi connectivity index (χ2v) is 3.15. The molecule has 10 heavy (non-hydrogen) atoms. The van der Waals surface area contributed by atoms with E-state index >= 15 is 0 Å². The van der Waals surface area contributed by atoms with Crippen LogP contribution in [0.3, 0.4) is 0 Å². The van der Waals surface area contributed by atoms with E-state index < -0.39 is 0 Å². The van der Waals surface area contributed by atoms with Crippen molar-refractivity contribution in [2.75, 3.05) is 0 Å². The van der Waals surface area contributed by atoms with Crippen molar-refractivity contribution in [3.05, 3.63) is 30.3 Å². The van der Waals surface area contributed by atoms with Crippen molar-refractivity contribution in [3.63, 3.8) is 0 Å². The first kappa shape index (κ1) is 10.5. The number of benzene rings is 1. The molecule has 0 N–H and O–H groups in total. The smallest absolute Gasteiger partial charge is 0.148 e. The van der Waals surface area contributed by atoms with Crippen LogP contribution in [-0.2, 0) is 20.5 Å². The first-order valence-corrected chi connectivity index (χ1v) is 4.52. The topological polar surface area (TPSA) is 17.1 Å². The molecule has 0 spiro atoms. The van der Waals surface area contributed by atoms with E-state index in [9.17, 15) is 4.21 Å². The van der Waals surface area contributed by atoms with Gasteiger partial charge in [-0.25, -0.2) is 0 Å². The molecule has 0 aliphatic carbocycles. The third kappa shape index (κ3) is 3.58. The number of hydrogen-bond donors (Lipinski definition) is 0. The van der Waals surface area contributed by atoms with Crippen molar-refractivity contribution in [2.24, 2.45) is 0 Å². The van der Waals surface area contributed by atoms with Crippen LogP contribution in [0.5, 0.6) is 0 Å². The molecule has 0 aliphatic heterocycles. The minimum Gasteiger partial charge on any atom is -0.148 e. The second-order valence-electron chi connectivity index (χ2n) is 1.46. The van der Waals surface area contributed by atoms with E-state index in [2.05, 4.69) is 0 Å². The van der Waals surface area contributed by atoms with Gasteiger partial charge >= 0.3 is 20.5 Å². The zero-order valence-corrected chi connectivity index (χ0v) is 9.24. The summed E-state index contributed by atoms with van der Waals surface area (Å²) in [4.78, 5) is 1.01. The zero-order valence-electron chi connectivity index (χ0n) is 5.61. The van der Waals surface area contributed by atoms with E-state index in [-0.39, 0.29) is 29.6 Å². The van der Waals surface area contributed by atoms with Gasteiger partial charge in [0.25, 0.3) is 0 Å². The van der Waals surface area contributed by atoms with Crippen LogP contribution in [0, 0.1) is 0 Å². The zero-order chi connectivity index (χ0) is 6.53. The third-order valence-corrected chi connectivity index (χ3v) is 2.19. The fourth-order valence-electron chi connectivity index (χ4n) is 0.515. The average Bonchev–Trinajstić information content (AvgIpc) is 1.91. The second kappa shape index (κ2) is 6.19. The summed E-state index contributed by atoms with van der Waals surface area (Å²) in [5, 5.41) is 0. The molecule has 0 heterocycles. The van der Waals surface area contributed by atoms with Gasteiger partial charge in [-0.2, -0.15) is 0 Å². The van der Waals surface area contributed by atoms with Crippen LogP contribution in [0.1, 0.15) is 0 Å². The van der Waals surface area contributed by atoms with Gasteiger partial charge < -0.3 is 0 Å². The van der Waals surface area contributed by atoms with Crippen LogP contribution in [-0.4, -0.2) is 33.8 Å². The van der Waals surface area contributed by atoms with Crippen LogP contribution in [0.25, 0.3) is 0 Å². The Kier molecular flexibility index (Phi) is 6.47. The molecule has 1 radical (unpaired) electrons. The Hall–Kier alpha value is 0.460. The van der Waals surface area contributed by atoms with Crippen molar-refractivity contribution in [1.82, 2.24) is 0 Å². The Morgan fingerprint density at radius 1 is 1.20 bits per heavy atom. The molecule has 1 rings (SSSR count). The fourth-order valence-corrected chi connectivity index (χ4v) is 1.43. The summed E-state index contributed by atoms with van der Waals surface area (Å²) in [6.45, 7) is 0. The molecule has 0 saturated carbocycles. The van der Waals surface area contributed by atoms with Gasteiger partial charge in [0.1, 0.15) is 0 Å². The molecule has 1 aromatic carbocycles. The molecule has 0 aliphatic rings. The molecular formula is C6H5NaOS2+. The van der Waals surface area contributed by atoms with Gasteiger partial charge in [-0.1, -0.05) is 18.2 Å². The monoisotopic (exact) mass is 180 g/mol. The van der Waals surface area contributed by atoms with E-state index in [1.54, 1.807) is 0 Å². The van der Waals surface area contributed by atoms with E-state index in [1.165, 1.54) is 10.3 Å². The van der Waals surface area contributed by atoms with Crippen LogP contribution in [0.4, 0.5) is 0 Å². The minimum absolute atomic E-state index is 0. The van der Waals surface area contributed by atoms with Gasteiger partial charge in [-0.05, 0) is 0 Å². The van der Waals surface area contributed by atoms with Crippen molar-refractivity contribution >= 4 is 50.1 Å². The fraction of sp³-hybridized carbons (Fsp3) is 0. The maximum atomic E-state index is 9.98. The normalized spacial score (nSPS) is 7.60. The Morgan fingerprint density at radius 2 is 1.80 bits per heavy atom. The van der Waals surface area contributed by atoms with Crippen LogP contribution >= 0.6 is 0 Å². The van der Waals surface area contributed by atoms with Gasteiger partial charge in [0.15, 0.2) is 0 Å². The molecule has 4 heteroatoms. The molecule has 1 aromatic rings. The van der Waals surface area contributed by atoms with Crippen LogP contribution in [0.15, 0.2) is 35.2 Å². The molecule has 0 aromatic heterocycles. The molecule has 0 unspecified atom stereocenters. The maximum absolute atomic E-state index is 9.98. The molecule has 0 bridgehead atoms. The molecule has 0 saturated heterocycles. The van der Waals surface area contributed by atoms with Crippen LogP contribution < -0.4 is 0 Å². The molecule has 0 amide bonds. The summed E-state index contributed by atoms with van der Waals surface area (Å²) < 4.78 is 9.98. The van der Waals surface area contributed by atoms with Gasteiger partial charge in [0, 0.05) is 41.7 Å². The summed E-state index contributed by atoms with van der Waals surface area (Å²) in [5.41, 5.74) is 0. The van der Waals surface area contributed by atoms with Gasteiger partial charge in [-0.15, -0.1) is 4.21 Å². The third-order valence-electron chi connectivity index (χ3n) is 0.873. The van der Waals surface area contributed by atoms with E-state index in [1.807, 2.05) is 30.3 Å². The van der Waals surface area contributed by atoms with Crippen molar-refractivity contribution in [3.8, 4) is 0 Å². The SMILES string of the molecule is O=S=[S+]c1ccccc1.[Na]. The van der Waals surface area contributed by atoms with Crippen molar-refractivity contribution in [2.45, 2.75) is 4.90 Å². The largest absolute Gasteiger partial charge is 0.397 e. The van der Waals surface area contributed by atoms with Crippen molar-refractivity contribution in [1.29, 1.82) is 0 Å². The molecule has 47 valence electrons. The molecule has 0 atom stereocenters. The summed E-state index contributed by atoms with van der Waals surface area (Å²) in [5.74, 6) is 0. The van der Waals surface area contributed by atoms with Gasteiger partial charge in [0.05, 0.1) is 0 Å². The molecular weight excluding hydrogens is 175 g/mol. The van der Waals surface area contributed by atoms with E-state index in [0.29, 0.717) is 10.2 Å². The number of hydrogen-bond acceptors (Lipinski definition) is 1. The summed E-state index contributed by atoms with van der Waals surface area (Å²) in [7, 11) is 1.76. The Morgan fingerprint density at radius 3 is 2.30 bits per heavy atom. The Bertz CT molecular complexity index is 231. The standard InChI is InChI=1S/C6H5OS2.Na/c7-9-8-6-4-2-1-3-5-6;/h1-5H;/q+1;. The predicted octanol–water partition coefficient (Wildman–Crippen LogP) is 0.875. The number of rotatable bonds is 1. The summed E-state index contributed by atoms with van der Waals surface area (Å²) in [6, 6.07) is 9.59. The van der Waals surface area contributed by atoms with Crippen LogP contribution in [0.2, 0.25) is 0 Å². The summed E-state index contributed by atoms with van der Waals surface area (Å²) in [6.07, 6.45) is 0. The quantitative estimate of drug-likeness (QED) is 0.463. The Balaban J connectivity index is 0.000000810. The molecule has 0 fully saturated rings. The first-order valence-electron chi connectivity index (χ1n) is 2.45. The van der Waals surface area contributed by atoms with Gasteiger partial charge in [-0.3, -0.25) is 0 Å². The van der Waals surface area contributed by atoms with Crippen molar-refractivity contribution < 1.29 is 4.21 Å². The van der Waals surface area contributed by atoms with E-state index in [4.69, 9.17) is 0 Å². The predicted molar refractivity (Wildman–Crippen MR) is 46.0 cm³/mol. The van der Waals surface area contributed by atoms with E-state index in [0.717, 1.165) is 4.90 Å². The average molecular weight is 180 g/mol. The maximum Gasteiger partial charge on any atom is 0.397 e. The minimum atomic E-state index is 0. The summed E-state index contributed by atoms with van der Waals surface area (Å²) >= 11 is 0.